The summed E-state index contributed by atoms with van der Waals surface area (Å²) in [6.07, 6.45) is 3.11. The number of hydrogen-bond donors (Lipinski definition) is 4. The summed E-state index contributed by atoms with van der Waals surface area (Å²) >= 11 is 6.14. The van der Waals surface area contributed by atoms with Crippen molar-refractivity contribution in [3.63, 3.8) is 0 Å². The highest BCUT2D eigenvalue weighted by atomic mass is 35.5. The van der Waals surface area contributed by atoms with Gasteiger partial charge in [0.2, 0.25) is 0 Å². The first-order valence-electron chi connectivity index (χ1n) is 7.94. The lowest BCUT2D eigenvalue weighted by molar-refractivity contribution is -0.159. The molecule has 0 spiro atoms. The first kappa shape index (κ1) is 19.5. The number of carboxylic acids is 2. The molecule has 0 aliphatic rings. The molecule has 0 atom stereocenters. The molecule has 4 N–H and O–H groups in total. The fourth-order valence-electron chi connectivity index (χ4n) is 2.43. The Morgan fingerprint density at radius 1 is 0.962 bits per heavy atom. The topological polar surface area (TPSA) is 102 Å². The number of fused-ring (bicyclic) bond motifs is 1. The maximum atomic E-state index is 9.10. The number of aromatic amines is 1. The van der Waals surface area contributed by atoms with E-state index in [9.17, 15) is 0 Å². The average molecular weight is 375 g/mol. The molecule has 0 aliphatic heterocycles. The van der Waals surface area contributed by atoms with E-state index in [4.69, 9.17) is 31.4 Å². The van der Waals surface area contributed by atoms with Gasteiger partial charge >= 0.3 is 11.9 Å². The summed E-state index contributed by atoms with van der Waals surface area (Å²) in [4.78, 5) is 21.5. The number of rotatable bonds is 5. The van der Waals surface area contributed by atoms with Crippen LogP contribution in [0.3, 0.4) is 0 Å². The van der Waals surface area contributed by atoms with E-state index in [2.05, 4.69) is 46.8 Å². The number of benzene rings is 2. The van der Waals surface area contributed by atoms with E-state index in [0.29, 0.717) is 0 Å². The standard InChI is InChI=1S/C17H17ClN2.C2H2O4/c18-16-7-3-1-5-14(16)11-19-10-9-13-12-20-17-8-4-2-6-15(13)17;3-1(4)2(5)6/h1-8,12,19-20H,9-11H2;(H,3,4)(H,5,6). The zero-order chi connectivity index (χ0) is 18.9. The lowest BCUT2D eigenvalue weighted by Crippen LogP contribution is -2.16. The Labute approximate surface area is 155 Å². The molecule has 2 aromatic carbocycles. The van der Waals surface area contributed by atoms with Crippen LogP contribution in [0.1, 0.15) is 11.1 Å². The second kappa shape index (κ2) is 9.60. The van der Waals surface area contributed by atoms with Crippen molar-refractivity contribution in [2.24, 2.45) is 0 Å². The Balaban J connectivity index is 0.000000352. The van der Waals surface area contributed by atoms with Gasteiger partial charge in [0.05, 0.1) is 0 Å². The van der Waals surface area contributed by atoms with E-state index in [1.807, 2.05) is 18.2 Å². The maximum Gasteiger partial charge on any atom is 0.414 e. The van der Waals surface area contributed by atoms with Crippen LogP contribution in [0.2, 0.25) is 5.02 Å². The van der Waals surface area contributed by atoms with E-state index in [-0.39, 0.29) is 0 Å². The minimum atomic E-state index is -1.82. The van der Waals surface area contributed by atoms with Gasteiger partial charge in [0.1, 0.15) is 0 Å². The lowest BCUT2D eigenvalue weighted by Gasteiger charge is -2.06. The van der Waals surface area contributed by atoms with Crippen LogP contribution in [-0.2, 0) is 22.6 Å². The van der Waals surface area contributed by atoms with Gasteiger partial charge in [-0.1, -0.05) is 48.0 Å². The third-order valence-electron chi connectivity index (χ3n) is 3.70. The molecule has 3 rings (SSSR count). The number of hydrogen-bond acceptors (Lipinski definition) is 3. The van der Waals surface area contributed by atoms with Gasteiger partial charge in [-0.25, -0.2) is 9.59 Å². The van der Waals surface area contributed by atoms with Crippen molar-refractivity contribution in [2.45, 2.75) is 13.0 Å². The fourth-order valence-corrected chi connectivity index (χ4v) is 2.63. The number of aromatic nitrogens is 1. The summed E-state index contributed by atoms with van der Waals surface area (Å²) in [6.45, 7) is 1.75. The van der Waals surface area contributed by atoms with E-state index < -0.39 is 11.9 Å². The average Bonchev–Trinajstić information content (AvgIpc) is 3.04. The fraction of sp³-hybridized carbons (Fsp3) is 0.158. The van der Waals surface area contributed by atoms with Gasteiger partial charge in [-0.3, -0.25) is 0 Å². The SMILES string of the molecule is Clc1ccccc1CNCCc1c[nH]c2ccccc12.O=C(O)C(=O)O. The Hall–Kier alpha value is -2.83. The Bertz CT molecular complexity index is 880. The zero-order valence-corrected chi connectivity index (χ0v) is 14.7. The minimum absolute atomic E-state index is 0.808. The highest BCUT2D eigenvalue weighted by Crippen LogP contribution is 2.18. The van der Waals surface area contributed by atoms with E-state index in [0.717, 1.165) is 30.1 Å². The molecular formula is C19H19ClN2O4. The summed E-state index contributed by atoms with van der Waals surface area (Å²) in [5, 5.41) is 20.4. The van der Waals surface area contributed by atoms with Crippen LogP contribution in [0.5, 0.6) is 0 Å². The second-order valence-electron chi connectivity index (χ2n) is 5.49. The van der Waals surface area contributed by atoms with Crippen LogP contribution in [0.25, 0.3) is 10.9 Å². The zero-order valence-electron chi connectivity index (χ0n) is 13.9. The van der Waals surface area contributed by atoms with Gasteiger partial charge < -0.3 is 20.5 Å². The Morgan fingerprint density at radius 2 is 1.62 bits per heavy atom. The molecule has 136 valence electrons. The van der Waals surface area contributed by atoms with E-state index >= 15 is 0 Å². The lowest BCUT2D eigenvalue weighted by atomic mass is 10.1. The van der Waals surface area contributed by atoms with Crippen LogP contribution in [0.4, 0.5) is 0 Å². The van der Waals surface area contributed by atoms with Crippen LogP contribution in [0, 0.1) is 0 Å². The predicted molar refractivity (Wildman–Crippen MR) is 100 cm³/mol. The molecule has 7 heteroatoms. The molecular weight excluding hydrogens is 356 g/mol. The van der Waals surface area contributed by atoms with E-state index in [1.54, 1.807) is 0 Å². The van der Waals surface area contributed by atoms with Gasteiger partial charge in [0.25, 0.3) is 0 Å². The van der Waals surface area contributed by atoms with Crippen molar-refractivity contribution in [1.29, 1.82) is 0 Å². The third-order valence-corrected chi connectivity index (χ3v) is 4.07. The van der Waals surface area contributed by atoms with Crippen molar-refractivity contribution >= 4 is 34.4 Å². The third kappa shape index (κ3) is 5.61. The van der Waals surface area contributed by atoms with Crippen LogP contribution >= 0.6 is 11.6 Å². The van der Waals surface area contributed by atoms with Crippen LogP contribution in [-0.4, -0.2) is 33.7 Å². The summed E-state index contributed by atoms with van der Waals surface area (Å²) < 4.78 is 0. The number of halogens is 1. The molecule has 0 bridgehead atoms. The van der Waals surface area contributed by atoms with E-state index in [1.165, 1.54) is 16.5 Å². The molecule has 1 aromatic heterocycles. The number of para-hydroxylation sites is 1. The van der Waals surface area contributed by atoms with Gasteiger partial charge in [-0.2, -0.15) is 0 Å². The van der Waals surface area contributed by atoms with Crippen molar-refractivity contribution < 1.29 is 19.8 Å². The smallest absolute Gasteiger partial charge is 0.414 e. The highest BCUT2D eigenvalue weighted by molar-refractivity contribution is 6.31. The second-order valence-corrected chi connectivity index (χ2v) is 5.90. The number of H-pyrrole nitrogens is 1. The molecule has 0 radical (unpaired) electrons. The molecule has 0 aliphatic carbocycles. The number of aliphatic carboxylic acids is 2. The quantitative estimate of drug-likeness (QED) is 0.405. The van der Waals surface area contributed by atoms with Gasteiger partial charge in [0, 0.05) is 28.7 Å². The van der Waals surface area contributed by atoms with Crippen LogP contribution < -0.4 is 5.32 Å². The minimum Gasteiger partial charge on any atom is -0.473 e. The molecule has 6 nitrogen and oxygen atoms in total. The van der Waals surface area contributed by atoms with Gasteiger partial charge in [-0.05, 0) is 36.2 Å². The highest BCUT2D eigenvalue weighted by Gasteiger charge is 2.04. The van der Waals surface area contributed by atoms with Crippen LogP contribution in [0.15, 0.2) is 54.7 Å². The van der Waals surface area contributed by atoms with Gasteiger partial charge in [-0.15, -0.1) is 0 Å². The molecule has 0 unspecified atom stereocenters. The van der Waals surface area contributed by atoms with Crippen molar-refractivity contribution in [3.05, 3.63) is 70.9 Å². The summed E-state index contributed by atoms with van der Waals surface area (Å²) in [5.74, 6) is -3.65. The predicted octanol–water partition coefficient (Wildman–Crippen LogP) is 3.31. The number of nitrogens with one attached hydrogen (secondary N) is 2. The molecule has 0 amide bonds. The molecule has 0 fully saturated rings. The molecule has 26 heavy (non-hydrogen) atoms. The molecule has 0 saturated carbocycles. The molecule has 0 saturated heterocycles. The van der Waals surface area contributed by atoms with Crippen molar-refractivity contribution in [3.8, 4) is 0 Å². The normalized spacial score (nSPS) is 10.2. The van der Waals surface area contributed by atoms with Gasteiger partial charge in [0.15, 0.2) is 0 Å². The summed E-state index contributed by atoms with van der Waals surface area (Å²) in [7, 11) is 0. The first-order valence-corrected chi connectivity index (χ1v) is 8.32. The van der Waals surface area contributed by atoms with Crippen molar-refractivity contribution in [2.75, 3.05) is 6.54 Å². The molecule has 1 heterocycles. The Morgan fingerprint density at radius 3 is 2.31 bits per heavy atom. The first-order chi connectivity index (χ1) is 12.5. The summed E-state index contributed by atoms with van der Waals surface area (Å²) in [5.41, 5.74) is 3.70. The monoisotopic (exact) mass is 374 g/mol. The largest absolute Gasteiger partial charge is 0.473 e. The summed E-state index contributed by atoms with van der Waals surface area (Å²) in [6, 6.07) is 16.4. The number of carbonyl (C=O) groups is 2. The van der Waals surface area contributed by atoms with Crippen molar-refractivity contribution in [1.82, 2.24) is 10.3 Å². The number of carboxylic acid groups (broad SMARTS) is 2. The Kier molecular flexibility index (Phi) is 7.20. The molecule has 3 aromatic rings. The maximum absolute atomic E-state index is 9.10.